The highest BCUT2D eigenvalue weighted by Crippen LogP contribution is 2.34. The van der Waals surface area contributed by atoms with Gasteiger partial charge in [0.1, 0.15) is 11.6 Å². The van der Waals surface area contributed by atoms with Crippen LogP contribution < -0.4 is 0 Å². The van der Waals surface area contributed by atoms with E-state index in [0.717, 1.165) is 13.8 Å². The first kappa shape index (κ1) is 20.3. The third-order valence-corrected chi connectivity index (χ3v) is 2.83. The predicted molar refractivity (Wildman–Crippen MR) is 75.9 cm³/mol. The Balaban J connectivity index is 0.00000102. The van der Waals surface area contributed by atoms with Gasteiger partial charge in [0.2, 0.25) is 0 Å². The molecule has 0 N–H and O–H groups in total. The monoisotopic (exact) mass is 324 g/mol. The summed E-state index contributed by atoms with van der Waals surface area (Å²) in [5.41, 5.74) is -1.66. The number of halogens is 6. The number of benzene rings is 2. The van der Waals surface area contributed by atoms with E-state index < -0.39 is 56.8 Å². The Morgan fingerprint density at radius 2 is 0.636 bits per heavy atom. The van der Waals surface area contributed by atoms with Crippen LogP contribution in [0.25, 0.3) is 10.8 Å². The molecular weight excluding hydrogens is 306 g/mol. The zero-order chi connectivity index (χ0) is 17.8. The second kappa shape index (κ2) is 8.06. The molecule has 2 aromatic carbocycles. The summed E-state index contributed by atoms with van der Waals surface area (Å²) in [7, 11) is 0. The summed E-state index contributed by atoms with van der Waals surface area (Å²) in [6.07, 6.45) is 0. The van der Waals surface area contributed by atoms with Gasteiger partial charge < -0.3 is 0 Å². The van der Waals surface area contributed by atoms with Crippen molar-refractivity contribution in [2.24, 2.45) is 0 Å². The Morgan fingerprint density at radius 1 is 0.409 bits per heavy atom. The van der Waals surface area contributed by atoms with Crippen molar-refractivity contribution in [2.75, 3.05) is 0 Å². The van der Waals surface area contributed by atoms with Gasteiger partial charge >= 0.3 is 0 Å². The van der Waals surface area contributed by atoms with Crippen LogP contribution in [0.5, 0.6) is 0 Å². The average Bonchev–Trinajstić information content (AvgIpc) is 2.55. The summed E-state index contributed by atoms with van der Waals surface area (Å²) >= 11 is 0. The molecule has 0 aliphatic heterocycles. The van der Waals surface area contributed by atoms with Crippen LogP contribution in [0.4, 0.5) is 26.3 Å². The van der Waals surface area contributed by atoms with Gasteiger partial charge in [-0.05, 0) is 13.8 Å². The molecule has 2 rings (SSSR count). The van der Waals surface area contributed by atoms with E-state index in [1.165, 1.54) is 0 Å². The van der Waals surface area contributed by atoms with E-state index in [1.54, 1.807) is 0 Å². The van der Waals surface area contributed by atoms with Crippen molar-refractivity contribution in [3.05, 3.63) is 46.0 Å². The Morgan fingerprint density at radius 3 is 0.864 bits per heavy atom. The zero-order valence-electron chi connectivity index (χ0n) is 13.3. The summed E-state index contributed by atoms with van der Waals surface area (Å²) in [6, 6.07) is 0. The molecule has 0 unspecified atom stereocenters. The van der Waals surface area contributed by atoms with E-state index in [1.807, 2.05) is 27.7 Å². The molecule has 0 radical (unpaired) electrons. The van der Waals surface area contributed by atoms with Gasteiger partial charge in [-0.3, -0.25) is 0 Å². The van der Waals surface area contributed by atoms with E-state index in [0.29, 0.717) is 0 Å². The highest BCUT2D eigenvalue weighted by molar-refractivity contribution is 5.87. The lowest BCUT2D eigenvalue weighted by Crippen LogP contribution is -2.05. The molecule has 0 bridgehead atoms. The van der Waals surface area contributed by atoms with Gasteiger partial charge in [-0.15, -0.1) is 0 Å². The Bertz CT molecular complexity index is 564. The molecule has 0 heterocycles. The largest absolute Gasteiger partial charge is 0.206 e. The Hall–Kier alpha value is -1.72. The van der Waals surface area contributed by atoms with E-state index in [2.05, 4.69) is 0 Å². The molecule has 0 amide bonds. The molecule has 6 heteroatoms. The predicted octanol–water partition coefficient (Wildman–Crippen LogP) is 6.34. The van der Waals surface area contributed by atoms with Crippen molar-refractivity contribution < 1.29 is 26.3 Å². The summed E-state index contributed by atoms with van der Waals surface area (Å²) in [6.45, 7) is 9.70. The average molecular weight is 324 g/mol. The third kappa shape index (κ3) is 3.05. The normalized spacial score (nSPS) is 9.82. The number of fused-ring (bicyclic) bond motifs is 1. The highest BCUT2D eigenvalue weighted by atomic mass is 19.2. The summed E-state index contributed by atoms with van der Waals surface area (Å²) in [5.74, 6) is -9.74. The SMILES string of the molecule is CC.CC.Cc1c(F)c(F)c2c(F)c(C)c(F)c(F)c2c1F. The lowest BCUT2D eigenvalue weighted by molar-refractivity contribution is 0.472. The summed E-state index contributed by atoms with van der Waals surface area (Å²) in [4.78, 5) is 0. The molecule has 0 saturated heterocycles. The number of rotatable bonds is 0. The fraction of sp³-hybridized carbons (Fsp3) is 0.375. The highest BCUT2D eigenvalue weighted by Gasteiger charge is 2.27. The minimum Gasteiger partial charge on any atom is -0.206 e. The topological polar surface area (TPSA) is 0 Å². The number of hydrogen-bond donors (Lipinski definition) is 0. The van der Waals surface area contributed by atoms with Crippen LogP contribution in [0.15, 0.2) is 0 Å². The van der Waals surface area contributed by atoms with Crippen molar-refractivity contribution in [1.82, 2.24) is 0 Å². The second-order valence-electron chi connectivity index (χ2n) is 3.88. The molecule has 0 aliphatic rings. The van der Waals surface area contributed by atoms with Gasteiger partial charge in [-0.2, -0.15) is 0 Å². The minimum absolute atomic E-state index is 0.832. The first-order chi connectivity index (χ1) is 10.3. The quantitative estimate of drug-likeness (QED) is 0.391. The van der Waals surface area contributed by atoms with Crippen LogP contribution in [0.3, 0.4) is 0 Å². The molecule has 2 aromatic rings. The van der Waals surface area contributed by atoms with Crippen LogP contribution in [0.2, 0.25) is 0 Å². The van der Waals surface area contributed by atoms with Crippen LogP contribution in [-0.4, -0.2) is 0 Å². The van der Waals surface area contributed by atoms with E-state index in [9.17, 15) is 26.3 Å². The maximum absolute atomic E-state index is 13.6. The van der Waals surface area contributed by atoms with E-state index in [-0.39, 0.29) is 0 Å². The lowest BCUT2D eigenvalue weighted by atomic mass is 10.0. The van der Waals surface area contributed by atoms with E-state index >= 15 is 0 Å². The van der Waals surface area contributed by atoms with Gasteiger partial charge in [-0.25, -0.2) is 26.3 Å². The molecule has 0 aliphatic carbocycles. The fourth-order valence-corrected chi connectivity index (χ4v) is 1.75. The maximum atomic E-state index is 13.6. The maximum Gasteiger partial charge on any atom is 0.170 e. The number of hydrogen-bond acceptors (Lipinski definition) is 0. The molecule has 0 fully saturated rings. The van der Waals surface area contributed by atoms with Crippen molar-refractivity contribution in [2.45, 2.75) is 41.5 Å². The van der Waals surface area contributed by atoms with Crippen molar-refractivity contribution in [1.29, 1.82) is 0 Å². The van der Waals surface area contributed by atoms with Gasteiger partial charge in [0, 0.05) is 11.1 Å². The van der Waals surface area contributed by atoms with E-state index in [4.69, 9.17) is 0 Å². The summed E-state index contributed by atoms with van der Waals surface area (Å²) in [5, 5.41) is -2.43. The molecule has 124 valence electrons. The van der Waals surface area contributed by atoms with Crippen LogP contribution in [0.1, 0.15) is 38.8 Å². The van der Waals surface area contributed by atoms with Gasteiger partial charge in [0.25, 0.3) is 0 Å². The molecule has 0 spiro atoms. The molecule has 22 heavy (non-hydrogen) atoms. The first-order valence-corrected chi connectivity index (χ1v) is 6.88. The van der Waals surface area contributed by atoms with Crippen LogP contribution >= 0.6 is 0 Å². The molecular formula is C16H18F6. The standard InChI is InChI=1S/C12H6F6.2C2H6/c1-3-7(13)5-6(11(17)9(3)15)8(14)4(2)10(16)12(5)18;2*1-2/h1-2H3;2*1-2H3. The second-order valence-corrected chi connectivity index (χ2v) is 3.88. The van der Waals surface area contributed by atoms with Gasteiger partial charge in [0.05, 0.1) is 10.8 Å². The molecule has 0 atom stereocenters. The van der Waals surface area contributed by atoms with Crippen molar-refractivity contribution in [3.8, 4) is 0 Å². The third-order valence-electron chi connectivity index (χ3n) is 2.83. The molecule has 0 aromatic heterocycles. The minimum atomic E-state index is -1.73. The Kier molecular flexibility index (Phi) is 7.43. The smallest absolute Gasteiger partial charge is 0.170 e. The zero-order valence-corrected chi connectivity index (χ0v) is 13.3. The summed E-state index contributed by atoms with van der Waals surface area (Å²) < 4.78 is 80.8. The van der Waals surface area contributed by atoms with Crippen LogP contribution in [0, 0.1) is 48.8 Å². The van der Waals surface area contributed by atoms with Gasteiger partial charge in [0.15, 0.2) is 23.3 Å². The Labute approximate surface area is 125 Å². The van der Waals surface area contributed by atoms with Crippen LogP contribution in [-0.2, 0) is 0 Å². The van der Waals surface area contributed by atoms with Crippen molar-refractivity contribution >= 4 is 10.8 Å². The van der Waals surface area contributed by atoms with Gasteiger partial charge in [-0.1, -0.05) is 27.7 Å². The first-order valence-electron chi connectivity index (χ1n) is 6.88. The lowest BCUT2D eigenvalue weighted by Gasteiger charge is -2.11. The fourth-order valence-electron chi connectivity index (χ4n) is 1.75. The van der Waals surface area contributed by atoms with Crippen molar-refractivity contribution in [3.63, 3.8) is 0 Å². The molecule has 0 saturated carbocycles. The molecule has 0 nitrogen and oxygen atoms in total.